The van der Waals surface area contributed by atoms with Gasteiger partial charge in [0.2, 0.25) is 5.91 Å². The molecule has 1 N–H and O–H groups in total. The molecule has 1 atom stereocenters. The monoisotopic (exact) mass is 534 g/mol. The maximum Gasteiger partial charge on any atom is 0.220 e. The summed E-state index contributed by atoms with van der Waals surface area (Å²) in [6, 6.07) is 0.336. The van der Waals surface area contributed by atoms with Crippen LogP contribution in [0, 0.1) is 0 Å². The summed E-state index contributed by atoms with van der Waals surface area (Å²) in [7, 11) is 0. The molecule has 0 fully saturated rings. The summed E-state index contributed by atoms with van der Waals surface area (Å²) in [6.07, 6.45) is 43.2. The Hall–Kier alpha value is -0.790. The van der Waals surface area contributed by atoms with Crippen molar-refractivity contribution in [2.75, 3.05) is 0 Å². The number of carbonyl (C=O) groups is 1. The van der Waals surface area contributed by atoms with Crippen LogP contribution < -0.4 is 5.32 Å². The lowest BCUT2D eigenvalue weighted by molar-refractivity contribution is -0.121. The fourth-order valence-corrected chi connectivity index (χ4v) is 5.42. The van der Waals surface area contributed by atoms with Crippen LogP contribution in [0.3, 0.4) is 0 Å². The van der Waals surface area contributed by atoms with Crippen LogP contribution in [-0.4, -0.2) is 11.9 Å². The molecule has 0 aromatic rings. The van der Waals surface area contributed by atoms with Gasteiger partial charge in [-0.15, -0.1) is 0 Å². The third-order valence-corrected chi connectivity index (χ3v) is 8.06. The van der Waals surface area contributed by atoms with Gasteiger partial charge in [-0.3, -0.25) is 4.79 Å². The first-order valence-corrected chi connectivity index (χ1v) is 17.6. The SMILES string of the molecule is CCCCCCCCC=CCCCCCCCC(=O)NC(C)CCCCCCCCCCCCCCCC. The lowest BCUT2D eigenvalue weighted by atomic mass is 10.0. The van der Waals surface area contributed by atoms with Gasteiger partial charge in [-0.05, 0) is 45.4 Å². The summed E-state index contributed by atoms with van der Waals surface area (Å²) >= 11 is 0. The molecule has 0 aromatic heterocycles. The molecule has 0 heterocycles. The third-order valence-electron chi connectivity index (χ3n) is 8.06. The van der Waals surface area contributed by atoms with Crippen molar-refractivity contribution in [3.8, 4) is 0 Å². The second kappa shape index (κ2) is 32.4. The zero-order valence-corrected chi connectivity index (χ0v) is 26.6. The highest BCUT2D eigenvalue weighted by molar-refractivity contribution is 5.76. The summed E-state index contributed by atoms with van der Waals surface area (Å²) in [4.78, 5) is 12.2. The summed E-state index contributed by atoms with van der Waals surface area (Å²) in [5.74, 6) is 0.264. The highest BCUT2D eigenvalue weighted by Crippen LogP contribution is 2.14. The molecule has 0 spiro atoms. The average Bonchev–Trinajstić information content (AvgIpc) is 2.91. The van der Waals surface area contributed by atoms with Crippen LogP contribution in [-0.2, 0) is 4.79 Å². The number of hydrogen-bond acceptors (Lipinski definition) is 1. The van der Waals surface area contributed by atoms with Gasteiger partial charge in [-0.25, -0.2) is 0 Å². The number of nitrogens with one attached hydrogen (secondary N) is 1. The van der Waals surface area contributed by atoms with Gasteiger partial charge >= 0.3 is 0 Å². The minimum absolute atomic E-state index is 0.264. The van der Waals surface area contributed by atoms with Gasteiger partial charge in [0, 0.05) is 12.5 Å². The predicted molar refractivity (Wildman–Crippen MR) is 172 cm³/mol. The molecular formula is C36H71NO. The van der Waals surface area contributed by atoms with Crippen LogP contribution >= 0.6 is 0 Å². The number of hydrogen-bond donors (Lipinski definition) is 1. The first-order valence-electron chi connectivity index (χ1n) is 17.6. The van der Waals surface area contributed by atoms with Gasteiger partial charge in [0.1, 0.15) is 0 Å². The normalized spacial score (nSPS) is 12.4. The Labute approximate surface area is 241 Å². The Kier molecular flexibility index (Phi) is 31.7. The lowest BCUT2D eigenvalue weighted by Gasteiger charge is -2.13. The first-order chi connectivity index (χ1) is 18.7. The van der Waals surface area contributed by atoms with Gasteiger partial charge in [0.25, 0.3) is 0 Å². The van der Waals surface area contributed by atoms with E-state index >= 15 is 0 Å². The van der Waals surface area contributed by atoms with Crippen LogP contribution in [0.1, 0.15) is 207 Å². The molecule has 1 amide bonds. The molecule has 0 saturated carbocycles. The van der Waals surface area contributed by atoms with Crippen molar-refractivity contribution in [1.29, 1.82) is 0 Å². The summed E-state index contributed by atoms with van der Waals surface area (Å²) in [5.41, 5.74) is 0. The van der Waals surface area contributed by atoms with Crippen LogP contribution in [0.25, 0.3) is 0 Å². The quantitative estimate of drug-likeness (QED) is 0.0696. The summed E-state index contributed by atoms with van der Waals surface area (Å²) in [5, 5.41) is 3.23. The van der Waals surface area contributed by atoms with Gasteiger partial charge in [0.15, 0.2) is 0 Å². The average molecular weight is 534 g/mol. The molecule has 1 unspecified atom stereocenters. The molecule has 0 aromatic carbocycles. The van der Waals surface area contributed by atoms with Crippen LogP contribution in [0.5, 0.6) is 0 Å². The van der Waals surface area contributed by atoms with E-state index in [1.54, 1.807) is 0 Å². The number of unbranched alkanes of at least 4 members (excludes halogenated alkanes) is 24. The topological polar surface area (TPSA) is 29.1 Å². The standard InChI is InChI=1S/C36H71NO/c1-4-6-8-10-12-14-16-18-20-22-24-26-28-30-32-34-36(38)37-35(3)33-31-29-27-25-23-21-19-17-15-13-11-9-7-5-2/h18,20,35H,4-17,19,21-34H2,1-3H3,(H,37,38). The van der Waals surface area contributed by atoms with Crippen molar-refractivity contribution in [3.63, 3.8) is 0 Å². The van der Waals surface area contributed by atoms with E-state index in [0.29, 0.717) is 12.5 Å². The molecular weight excluding hydrogens is 462 g/mol. The van der Waals surface area contributed by atoms with Crippen LogP contribution in [0.2, 0.25) is 0 Å². The third kappa shape index (κ3) is 31.4. The second-order valence-electron chi connectivity index (χ2n) is 12.2. The van der Waals surface area contributed by atoms with E-state index < -0.39 is 0 Å². The molecule has 0 saturated heterocycles. The molecule has 2 heteroatoms. The maximum atomic E-state index is 12.2. The molecule has 0 bridgehead atoms. The largest absolute Gasteiger partial charge is 0.354 e. The Balaban J connectivity index is 3.32. The van der Waals surface area contributed by atoms with Gasteiger partial charge in [-0.2, -0.15) is 0 Å². The number of amides is 1. The van der Waals surface area contributed by atoms with E-state index in [4.69, 9.17) is 0 Å². The molecule has 2 nitrogen and oxygen atoms in total. The van der Waals surface area contributed by atoms with E-state index in [1.807, 2.05) is 0 Å². The molecule has 0 aliphatic rings. The predicted octanol–water partition coefficient (Wildman–Crippen LogP) is 12.4. The Morgan fingerprint density at radius 2 is 0.842 bits per heavy atom. The van der Waals surface area contributed by atoms with E-state index in [0.717, 1.165) is 12.8 Å². The first kappa shape index (κ1) is 37.2. The number of rotatable bonds is 31. The Morgan fingerprint density at radius 1 is 0.500 bits per heavy atom. The van der Waals surface area contributed by atoms with Crippen molar-refractivity contribution >= 4 is 5.91 Å². The van der Waals surface area contributed by atoms with Crippen LogP contribution in [0.15, 0.2) is 12.2 Å². The fraction of sp³-hybridized carbons (Fsp3) is 0.917. The lowest BCUT2D eigenvalue weighted by Crippen LogP contribution is -2.32. The van der Waals surface area contributed by atoms with E-state index in [2.05, 4.69) is 38.2 Å². The van der Waals surface area contributed by atoms with Crippen molar-refractivity contribution in [2.24, 2.45) is 0 Å². The van der Waals surface area contributed by atoms with Crippen molar-refractivity contribution in [1.82, 2.24) is 5.32 Å². The molecule has 0 aliphatic carbocycles. The Bertz CT molecular complexity index is 486. The molecule has 0 rings (SSSR count). The fourth-order valence-electron chi connectivity index (χ4n) is 5.42. The van der Waals surface area contributed by atoms with Crippen molar-refractivity contribution < 1.29 is 4.79 Å². The smallest absolute Gasteiger partial charge is 0.220 e. The highest BCUT2D eigenvalue weighted by atomic mass is 16.1. The molecule has 226 valence electrons. The van der Waals surface area contributed by atoms with Crippen molar-refractivity contribution in [3.05, 3.63) is 12.2 Å². The minimum atomic E-state index is 0.264. The Morgan fingerprint density at radius 3 is 1.26 bits per heavy atom. The summed E-state index contributed by atoms with van der Waals surface area (Å²) in [6.45, 7) is 6.75. The second-order valence-corrected chi connectivity index (χ2v) is 12.2. The molecule has 0 radical (unpaired) electrons. The zero-order chi connectivity index (χ0) is 27.8. The van der Waals surface area contributed by atoms with E-state index in [9.17, 15) is 4.79 Å². The zero-order valence-electron chi connectivity index (χ0n) is 26.6. The van der Waals surface area contributed by atoms with E-state index in [1.165, 1.54) is 167 Å². The number of allylic oxidation sites excluding steroid dienone is 2. The van der Waals surface area contributed by atoms with Gasteiger partial charge in [-0.1, -0.05) is 167 Å². The highest BCUT2D eigenvalue weighted by Gasteiger charge is 2.07. The van der Waals surface area contributed by atoms with Gasteiger partial charge < -0.3 is 5.32 Å². The summed E-state index contributed by atoms with van der Waals surface area (Å²) < 4.78 is 0. The van der Waals surface area contributed by atoms with Crippen molar-refractivity contribution in [2.45, 2.75) is 213 Å². The minimum Gasteiger partial charge on any atom is -0.354 e. The maximum absolute atomic E-state index is 12.2. The van der Waals surface area contributed by atoms with Crippen LogP contribution in [0.4, 0.5) is 0 Å². The molecule has 0 aliphatic heterocycles. The van der Waals surface area contributed by atoms with E-state index in [-0.39, 0.29) is 5.91 Å². The number of carbonyl (C=O) groups excluding carboxylic acids is 1. The molecule has 38 heavy (non-hydrogen) atoms. The van der Waals surface area contributed by atoms with Gasteiger partial charge in [0.05, 0.1) is 0 Å².